The van der Waals surface area contributed by atoms with Crippen molar-refractivity contribution in [3.63, 3.8) is 0 Å². The van der Waals surface area contributed by atoms with Crippen molar-refractivity contribution >= 4 is 15.7 Å². The Labute approximate surface area is 126 Å². The molecule has 118 valence electrons. The van der Waals surface area contributed by atoms with Crippen LogP contribution in [0.5, 0.6) is 5.75 Å². The van der Waals surface area contributed by atoms with Gasteiger partial charge in [0.2, 0.25) is 10.0 Å². The lowest BCUT2D eigenvalue weighted by molar-refractivity contribution is 0.0904. The Morgan fingerprint density at radius 2 is 2.05 bits per heavy atom. The molecule has 1 aliphatic carbocycles. The average Bonchev–Trinajstić information content (AvgIpc) is 2.47. The minimum absolute atomic E-state index is 0.0908. The van der Waals surface area contributed by atoms with Crippen molar-refractivity contribution in [3.05, 3.63) is 18.2 Å². The van der Waals surface area contributed by atoms with Crippen molar-refractivity contribution in [2.75, 3.05) is 12.8 Å². The zero-order chi connectivity index (χ0) is 15.5. The van der Waals surface area contributed by atoms with Gasteiger partial charge in [-0.15, -0.1) is 0 Å². The van der Waals surface area contributed by atoms with Gasteiger partial charge in [0.25, 0.3) is 0 Å². The highest BCUT2D eigenvalue weighted by Crippen LogP contribution is 2.32. The Bertz CT molecular complexity index is 587. The number of hydrogen-bond acceptors (Lipinski definition) is 4. The number of nitrogens with one attached hydrogen (secondary N) is 1. The summed E-state index contributed by atoms with van der Waals surface area (Å²) < 4.78 is 31.9. The molecular formula is C15H24N2O3S. The summed E-state index contributed by atoms with van der Waals surface area (Å²) in [6.07, 6.45) is 6.00. The van der Waals surface area contributed by atoms with Gasteiger partial charge < -0.3 is 10.5 Å². The molecule has 0 bridgehead atoms. The van der Waals surface area contributed by atoms with Crippen molar-refractivity contribution in [3.8, 4) is 5.75 Å². The summed E-state index contributed by atoms with van der Waals surface area (Å²) >= 11 is 0. The molecule has 2 atom stereocenters. The van der Waals surface area contributed by atoms with E-state index in [1.807, 2.05) is 0 Å². The molecule has 0 heterocycles. The van der Waals surface area contributed by atoms with Crippen LogP contribution in [0.2, 0.25) is 0 Å². The lowest BCUT2D eigenvalue weighted by atomic mass is 9.85. The molecule has 1 saturated carbocycles. The van der Waals surface area contributed by atoms with E-state index >= 15 is 0 Å². The maximum atomic E-state index is 11.8. The topological polar surface area (TPSA) is 81.4 Å². The number of benzene rings is 1. The maximum absolute atomic E-state index is 11.8. The van der Waals surface area contributed by atoms with Crippen LogP contribution in [0.15, 0.2) is 23.1 Å². The van der Waals surface area contributed by atoms with E-state index in [1.165, 1.54) is 32.4 Å². The summed E-state index contributed by atoms with van der Waals surface area (Å²) in [5, 5.41) is 0. The summed E-state index contributed by atoms with van der Waals surface area (Å²) in [4.78, 5) is 0.0908. The average molecular weight is 312 g/mol. The minimum Gasteiger partial charge on any atom is -0.490 e. The number of nitrogen functional groups attached to an aromatic ring is 1. The molecule has 21 heavy (non-hydrogen) atoms. The third-order valence-electron chi connectivity index (χ3n) is 4.19. The monoisotopic (exact) mass is 312 g/mol. The normalized spacial score (nSPS) is 23.0. The molecule has 5 nitrogen and oxygen atoms in total. The Morgan fingerprint density at radius 1 is 1.33 bits per heavy atom. The third kappa shape index (κ3) is 3.68. The van der Waals surface area contributed by atoms with Gasteiger partial charge in [-0.3, -0.25) is 0 Å². The Kier molecular flexibility index (Phi) is 5.11. The zero-order valence-electron chi connectivity index (χ0n) is 12.6. The van der Waals surface area contributed by atoms with Gasteiger partial charge in [0.15, 0.2) is 0 Å². The first-order valence-corrected chi connectivity index (χ1v) is 8.96. The van der Waals surface area contributed by atoms with Crippen molar-refractivity contribution < 1.29 is 13.2 Å². The molecule has 2 unspecified atom stereocenters. The third-order valence-corrected chi connectivity index (χ3v) is 5.68. The number of anilines is 1. The van der Waals surface area contributed by atoms with Crippen LogP contribution in [-0.2, 0) is 10.0 Å². The van der Waals surface area contributed by atoms with E-state index < -0.39 is 10.0 Å². The van der Waals surface area contributed by atoms with Crippen LogP contribution in [0.1, 0.15) is 39.0 Å². The molecule has 0 aromatic heterocycles. The molecular weight excluding hydrogens is 288 g/mol. The lowest BCUT2D eigenvalue weighted by Crippen LogP contribution is -2.30. The number of rotatable bonds is 5. The van der Waals surface area contributed by atoms with Crippen molar-refractivity contribution in [1.82, 2.24) is 4.72 Å². The fourth-order valence-electron chi connectivity index (χ4n) is 2.93. The smallest absolute Gasteiger partial charge is 0.242 e. The second-order valence-corrected chi connectivity index (χ2v) is 7.37. The second kappa shape index (κ2) is 6.66. The van der Waals surface area contributed by atoms with E-state index in [-0.39, 0.29) is 16.7 Å². The highest BCUT2D eigenvalue weighted by Gasteiger charge is 2.25. The van der Waals surface area contributed by atoms with Gasteiger partial charge in [-0.25, -0.2) is 13.1 Å². The molecule has 1 aromatic carbocycles. The summed E-state index contributed by atoms with van der Waals surface area (Å²) in [5.41, 5.74) is 6.07. The van der Waals surface area contributed by atoms with E-state index in [4.69, 9.17) is 10.5 Å². The van der Waals surface area contributed by atoms with Crippen LogP contribution in [0.3, 0.4) is 0 Å². The minimum atomic E-state index is -3.52. The zero-order valence-corrected chi connectivity index (χ0v) is 13.4. The highest BCUT2D eigenvalue weighted by atomic mass is 32.2. The van der Waals surface area contributed by atoms with Gasteiger partial charge in [0.05, 0.1) is 5.69 Å². The molecule has 1 aliphatic rings. The molecule has 0 spiro atoms. The maximum Gasteiger partial charge on any atom is 0.242 e. The molecule has 3 N–H and O–H groups in total. The quantitative estimate of drug-likeness (QED) is 0.819. The van der Waals surface area contributed by atoms with Gasteiger partial charge in [-0.1, -0.05) is 13.3 Å². The molecule has 1 fully saturated rings. The molecule has 0 amide bonds. The summed E-state index contributed by atoms with van der Waals surface area (Å²) in [5.74, 6) is 1.22. The SMILES string of the molecule is CCC1CCCCC1Oc1ccc(S(=O)(=O)NC)c(N)c1. The first-order valence-electron chi connectivity index (χ1n) is 7.47. The molecule has 2 rings (SSSR count). The Balaban J connectivity index is 2.17. The van der Waals surface area contributed by atoms with Crippen LogP contribution in [-0.4, -0.2) is 21.6 Å². The standard InChI is InChI=1S/C15H24N2O3S/c1-3-11-6-4-5-7-14(11)20-12-8-9-15(13(16)10-12)21(18,19)17-2/h8-11,14,17H,3-7,16H2,1-2H3. The molecule has 6 heteroatoms. The first-order chi connectivity index (χ1) is 9.97. The van der Waals surface area contributed by atoms with Crippen molar-refractivity contribution in [2.24, 2.45) is 5.92 Å². The van der Waals surface area contributed by atoms with E-state index in [1.54, 1.807) is 12.1 Å². The van der Waals surface area contributed by atoms with Gasteiger partial charge >= 0.3 is 0 Å². The number of sulfonamides is 1. The van der Waals surface area contributed by atoms with Crippen LogP contribution in [0, 0.1) is 5.92 Å². The Hall–Kier alpha value is -1.27. The van der Waals surface area contributed by atoms with Gasteiger partial charge in [-0.2, -0.15) is 0 Å². The van der Waals surface area contributed by atoms with Crippen LogP contribution in [0.4, 0.5) is 5.69 Å². The second-order valence-electron chi connectivity index (χ2n) is 5.52. The molecule has 1 aromatic rings. The van der Waals surface area contributed by atoms with Gasteiger partial charge in [0.1, 0.15) is 16.7 Å². The number of ether oxygens (including phenoxy) is 1. The van der Waals surface area contributed by atoms with Crippen molar-refractivity contribution in [1.29, 1.82) is 0 Å². The van der Waals surface area contributed by atoms with Gasteiger partial charge in [-0.05, 0) is 50.8 Å². The predicted molar refractivity (Wildman–Crippen MR) is 83.8 cm³/mol. The predicted octanol–water partition coefficient (Wildman–Crippen LogP) is 2.52. The Morgan fingerprint density at radius 3 is 2.67 bits per heavy atom. The first kappa shape index (κ1) is 16.1. The molecule has 0 radical (unpaired) electrons. The summed E-state index contributed by atoms with van der Waals surface area (Å²) in [7, 11) is -2.16. The number of hydrogen-bond donors (Lipinski definition) is 2. The summed E-state index contributed by atoms with van der Waals surface area (Å²) in [6, 6.07) is 4.79. The van der Waals surface area contributed by atoms with Crippen LogP contribution in [0.25, 0.3) is 0 Å². The van der Waals surface area contributed by atoms with E-state index in [9.17, 15) is 8.42 Å². The summed E-state index contributed by atoms with van der Waals surface area (Å²) in [6.45, 7) is 2.18. The number of nitrogens with two attached hydrogens (primary N) is 1. The fourth-order valence-corrected chi connectivity index (χ4v) is 3.76. The van der Waals surface area contributed by atoms with Crippen molar-refractivity contribution in [2.45, 2.75) is 50.0 Å². The van der Waals surface area contributed by atoms with Crippen LogP contribution < -0.4 is 15.2 Å². The van der Waals surface area contributed by atoms with Gasteiger partial charge in [0, 0.05) is 6.07 Å². The van der Waals surface area contributed by atoms with E-state index in [0.29, 0.717) is 11.7 Å². The largest absolute Gasteiger partial charge is 0.490 e. The lowest BCUT2D eigenvalue weighted by Gasteiger charge is -2.31. The highest BCUT2D eigenvalue weighted by molar-refractivity contribution is 7.89. The molecule has 0 aliphatic heterocycles. The van der Waals surface area contributed by atoms with E-state index in [0.717, 1.165) is 12.8 Å². The van der Waals surface area contributed by atoms with Crippen LogP contribution >= 0.6 is 0 Å². The fraction of sp³-hybridized carbons (Fsp3) is 0.600. The van der Waals surface area contributed by atoms with E-state index in [2.05, 4.69) is 11.6 Å². The molecule has 0 saturated heterocycles.